The molecule has 2 aromatic carbocycles. The zero-order valence-corrected chi connectivity index (χ0v) is 20.2. The molecule has 1 atom stereocenters. The third-order valence-electron chi connectivity index (χ3n) is 5.22. The first kappa shape index (κ1) is 27.6. The van der Waals surface area contributed by atoms with Gasteiger partial charge in [-0.2, -0.15) is 13.2 Å². The minimum absolute atomic E-state index is 0.139. The smallest absolute Gasteiger partial charge is 0.416 e. The molecule has 1 heterocycles. The fraction of sp³-hybridized carbons (Fsp3) is 0.304. The van der Waals surface area contributed by atoms with Crippen LogP contribution < -0.4 is 20.2 Å². The molecule has 198 valence electrons. The van der Waals surface area contributed by atoms with Crippen LogP contribution in [0.5, 0.6) is 11.5 Å². The van der Waals surface area contributed by atoms with Gasteiger partial charge in [-0.1, -0.05) is 11.6 Å². The van der Waals surface area contributed by atoms with E-state index in [9.17, 15) is 32.3 Å². The number of hydrogen-bond donors (Lipinski definition) is 2. The highest BCUT2D eigenvalue weighted by Gasteiger charge is 2.37. The van der Waals surface area contributed by atoms with E-state index in [2.05, 4.69) is 10.7 Å². The lowest BCUT2D eigenvalue weighted by molar-refractivity contribution is -0.151. The van der Waals surface area contributed by atoms with Gasteiger partial charge in [0.25, 0.3) is 11.8 Å². The number of esters is 1. The summed E-state index contributed by atoms with van der Waals surface area (Å²) >= 11 is 5.83. The molecule has 3 rings (SSSR count). The van der Waals surface area contributed by atoms with E-state index in [-0.39, 0.29) is 29.2 Å². The molecule has 1 saturated heterocycles. The van der Waals surface area contributed by atoms with Crippen LogP contribution in [0.25, 0.3) is 0 Å². The summed E-state index contributed by atoms with van der Waals surface area (Å²) in [6.07, 6.45) is -4.94. The normalized spacial score (nSPS) is 15.2. The van der Waals surface area contributed by atoms with Gasteiger partial charge in [-0.3, -0.25) is 29.6 Å². The number of ether oxygens (including phenoxy) is 3. The minimum atomic E-state index is -4.65. The average Bonchev–Trinajstić information content (AvgIpc) is 3.22. The zero-order valence-electron chi connectivity index (χ0n) is 19.5. The van der Waals surface area contributed by atoms with Gasteiger partial charge in [-0.05, 0) is 30.3 Å². The van der Waals surface area contributed by atoms with E-state index in [1.165, 1.54) is 26.4 Å². The van der Waals surface area contributed by atoms with Crippen molar-refractivity contribution in [2.24, 2.45) is 5.92 Å². The number of methoxy groups -OCH3 is 2. The highest BCUT2D eigenvalue weighted by molar-refractivity contribution is 6.33. The molecule has 1 aliphatic heterocycles. The molecule has 3 amide bonds. The summed E-state index contributed by atoms with van der Waals surface area (Å²) in [6, 6.07) is 6.79. The number of carbonyl (C=O) groups excluding carboxylic acids is 4. The largest absolute Gasteiger partial charge is 0.497 e. The van der Waals surface area contributed by atoms with Crippen molar-refractivity contribution in [1.29, 1.82) is 0 Å². The Morgan fingerprint density at radius 1 is 1.08 bits per heavy atom. The van der Waals surface area contributed by atoms with Crippen LogP contribution in [0.4, 0.5) is 18.9 Å². The molecule has 0 radical (unpaired) electrons. The van der Waals surface area contributed by atoms with Crippen molar-refractivity contribution < 1.29 is 46.6 Å². The van der Waals surface area contributed by atoms with E-state index in [0.29, 0.717) is 17.6 Å². The van der Waals surface area contributed by atoms with E-state index in [1.807, 2.05) is 0 Å². The molecule has 10 nitrogen and oxygen atoms in total. The molecule has 37 heavy (non-hydrogen) atoms. The Morgan fingerprint density at radius 2 is 1.73 bits per heavy atom. The molecule has 2 aromatic rings. The SMILES string of the molecule is COc1cc(OC)cc(C(=O)NN2C[C@@H](C(=O)OCC(=O)Nc3cc(C(F)(F)F)ccc3Cl)CC2=O)c1. The zero-order chi connectivity index (χ0) is 27.3. The fourth-order valence-electron chi connectivity index (χ4n) is 3.34. The van der Waals surface area contributed by atoms with Crippen LogP contribution >= 0.6 is 11.6 Å². The number of anilines is 1. The van der Waals surface area contributed by atoms with Crippen molar-refractivity contribution in [2.75, 3.05) is 32.7 Å². The number of carbonyl (C=O) groups is 4. The first-order chi connectivity index (χ1) is 17.4. The minimum Gasteiger partial charge on any atom is -0.497 e. The third-order valence-corrected chi connectivity index (χ3v) is 5.55. The predicted molar refractivity (Wildman–Crippen MR) is 123 cm³/mol. The van der Waals surface area contributed by atoms with E-state index in [1.54, 1.807) is 6.07 Å². The van der Waals surface area contributed by atoms with Gasteiger partial charge >= 0.3 is 12.1 Å². The summed E-state index contributed by atoms with van der Waals surface area (Å²) in [7, 11) is 2.82. The molecule has 1 fully saturated rings. The summed E-state index contributed by atoms with van der Waals surface area (Å²) < 4.78 is 53.7. The summed E-state index contributed by atoms with van der Waals surface area (Å²) in [5.74, 6) is -3.35. The van der Waals surface area contributed by atoms with Crippen molar-refractivity contribution in [3.05, 3.63) is 52.5 Å². The van der Waals surface area contributed by atoms with Gasteiger partial charge in [-0.25, -0.2) is 0 Å². The molecule has 1 aliphatic rings. The van der Waals surface area contributed by atoms with Crippen molar-refractivity contribution in [2.45, 2.75) is 12.6 Å². The number of rotatable bonds is 8. The van der Waals surface area contributed by atoms with Crippen LogP contribution in [0.1, 0.15) is 22.3 Å². The Balaban J connectivity index is 1.55. The number of alkyl halides is 3. The molecule has 0 unspecified atom stereocenters. The van der Waals surface area contributed by atoms with Gasteiger partial charge < -0.3 is 19.5 Å². The monoisotopic (exact) mass is 543 g/mol. The number of nitrogens with zero attached hydrogens (tertiary/aromatic N) is 1. The molecule has 0 bridgehead atoms. The van der Waals surface area contributed by atoms with Crippen LogP contribution in [0.2, 0.25) is 5.02 Å². The lowest BCUT2D eigenvalue weighted by Gasteiger charge is -2.18. The number of hydrazine groups is 1. The van der Waals surface area contributed by atoms with Crippen LogP contribution in [0.3, 0.4) is 0 Å². The Kier molecular flexibility index (Phi) is 8.48. The number of benzene rings is 2. The van der Waals surface area contributed by atoms with Gasteiger partial charge in [-0.15, -0.1) is 0 Å². The highest BCUT2D eigenvalue weighted by atomic mass is 35.5. The van der Waals surface area contributed by atoms with Gasteiger partial charge in [0.05, 0.1) is 43.0 Å². The van der Waals surface area contributed by atoms with Crippen LogP contribution in [0, 0.1) is 5.92 Å². The van der Waals surface area contributed by atoms with E-state index in [4.69, 9.17) is 25.8 Å². The second-order valence-electron chi connectivity index (χ2n) is 7.80. The second kappa shape index (κ2) is 11.4. The number of hydrogen-bond acceptors (Lipinski definition) is 7. The number of nitrogens with one attached hydrogen (secondary N) is 2. The first-order valence-corrected chi connectivity index (χ1v) is 11.0. The standard InChI is InChI=1S/C23H21ClF3N3O7/c1-35-15-5-12(6-16(9-15)36-2)21(33)29-30-10-13(7-20(30)32)22(34)37-11-19(31)28-18-8-14(23(25,26)27)3-4-17(18)24/h3-6,8-9,13H,7,10-11H2,1-2H3,(H,28,31)(H,29,33)/t13-/m0/s1. The fourth-order valence-corrected chi connectivity index (χ4v) is 3.50. The summed E-state index contributed by atoms with van der Waals surface area (Å²) in [6.45, 7) is -1.04. The van der Waals surface area contributed by atoms with E-state index in [0.717, 1.165) is 17.1 Å². The molecule has 14 heteroatoms. The van der Waals surface area contributed by atoms with Crippen LogP contribution in [0.15, 0.2) is 36.4 Å². The maximum Gasteiger partial charge on any atom is 0.416 e. The van der Waals surface area contributed by atoms with Crippen molar-refractivity contribution in [3.63, 3.8) is 0 Å². The molecule has 2 N–H and O–H groups in total. The lowest BCUT2D eigenvalue weighted by atomic mass is 10.1. The maximum absolute atomic E-state index is 12.9. The molecular weight excluding hydrogens is 523 g/mol. The topological polar surface area (TPSA) is 123 Å². The third kappa shape index (κ3) is 7.03. The Bertz CT molecular complexity index is 1200. The quantitative estimate of drug-likeness (QED) is 0.491. The maximum atomic E-state index is 12.9. The molecule has 0 aliphatic carbocycles. The summed E-state index contributed by atoms with van der Waals surface area (Å²) in [4.78, 5) is 49.4. The van der Waals surface area contributed by atoms with Gasteiger partial charge in [0.15, 0.2) is 6.61 Å². The van der Waals surface area contributed by atoms with E-state index < -0.39 is 48.0 Å². The predicted octanol–water partition coefficient (Wildman–Crippen LogP) is 3.05. The van der Waals surface area contributed by atoms with Gasteiger partial charge in [0, 0.05) is 18.1 Å². The van der Waals surface area contributed by atoms with Gasteiger partial charge in [0.1, 0.15) is 11.5 Å². The molecule has 0 aromatic heterocycles. The van der Waals surface area contributed by atoms with Crippen LogP contribution in [-0.2, 0) is 25.3 Å². The van der Waals surface area contributed by atoms with Crippen LogP contribution in [-0.4, -0.2) is 56.1 Å². The Hall–Kier alpha value is -4.00. The van der Waals surface area contributed by atoms with Crippen molar-refractivity contribution >= 4 is 41.0 Å². The Labute approximate surface area is 213 Å². The number of halogens is 4. The lowest BCUT2D eigenvalue weighted by Crippen LogP contribution is -2.43. The first-order valence-electron chi connectivity index (χ1n) is 10.6. The summed E-state index contributed by atoms with van der Waals surface area (Å²) in [5, 5.41) is 2.95. The van der Waals surface area contributed by atoms with Gasteiger partial charge in [0.2, 0.25) is 5.91 Å². The van der Waals surface area contributed by atoms with Crippen molar-refractivity contribution in [1.82, 2.24) is 10.4 Å². The molecular formula is C23H21ClF3N3O7. The molecule has 0 spiro atoms. The van der Waals surface area contributed by atoms with E-state index >= 15 is 0 Å². The summed E-state index contributed by atoms with van der Waals surface area (Å²) in [5.41, 5.74) is 1.20. The Morgan fingerprint density at radius 3 is 2.32 bits per heavy atom. The highest BCUT2D eigenvalue weighted by Crippen LogP contribution is 2.33. The average molecular weight is 544 g/mol. The van der Waals surface area contributed by atoms with Crippen molar-refractivity contribution in [3.8, 4) is 11.5 Å². The number of amides is 3. The molecule has 0 saturated carbocycles. The second-order valence-corrected chi connectivity index (χ2v) is 8.20.